The largest absolute Gasteiger partial charge is 0.335 e. The first-order chi connectivity index (χ1) is 11.7. The number of carbonyl (C=O) groups excluding carboxylic acids is 1. The van der Waals surface area contributed by atoms with Crippen LogP contribution >= 0.6 is 11.3 Å². The van der Waals surface area contributed by atoms with E-state index in [0.717, 1.165) is 32.5 Å². The summed E-state index contributed by atoms with van der Waals surface area (Å²) in [6.45, 7) is 2.99. The first-order valence-corrected chi connectivity index (χ1v) is 10.4. The molecule has 3 atom stereocenters. The van der Waals surface area contributed by atoms with Crippen molar-refractivity contribution < 1.29 is 4.79 Å². The first kappa shape index (κ1) is 16.6. The molecule has 2 saturated carbocycles. The zero-order valence-corrected chi connectivity index (χ0v) is 15.2. The predicted octanol–water partition coefficient (Wildman–Crippen LogP) is 2.74. The highest BCUT2D eigenvalue weighted by Gasteiger charge is 2.57. The first-order valence-electron chi connectivity index (χ1n) is 9.45. The van der Waals surface area contributed by atoms with E-state index in [-0.39, 0.29) is 6.04 Å². The Morgan fingerprint density at radius 1 is 1.38 bits per heavy atom. The quantitative estimate of drug-likeness (QED) is 0.861. The molecule has 24 heavy (non-hydrogen) atoms. The van der Waals surface area contributed by atoms with Gasteiger partial charge in [-0.05, 0) is 78.9 Å². The molecule has 0 aromatic carbocycles. The second-order valence-electron chi connectivity index (χ2n) is 8.04. The molecule has 1 aliphatic heterocycles. The SMILES string of the molecule is N[C@@H]1CCC[C@H]1CC(=O)N(Cc1ccsc1)C1CC12CCNCC2. The number of hydrogen-bond acceptors (Lipinski definition) is 4. The van der Waals surface area contributed by atoms with Crippen LogP contribution in [0.15, 0.2) is 16.8 Å². The van der Waals surface area contributed by atoms with E-state index in [9.17, 15) is 4.79 Å². The molecule has 1 saturated heterocycles. The average Bonchev–Trinajstić information content (AvgIpc) is 2.96. The summed E-state index contributed by atoms with van der Waals surface area (Å²) in [5.41, 5.74) is 7.89. The topological polar surface area (TPSA) is 58.4 Å². The number of nitrogens with two attached hydrogens (primary N) is 1. The molecular formula is C19H29N3OS. The molecule has 5 heteroatoms. The molecule has 1 unspecified atom stereocenters. The minimum atomic E-state index is 0.226. The fraction of sp³-hybridized carbons (Fsp3) is 0.737. The number of piperidine rings is 1. The molecule has 1 spiro atoms. The van der Waals surface area contributed by atoms with Crippen molar-refractivity contribution in [1.82, 2.24) is 10.2 Å². The number of rotatable bonds is 5. The lowest BCUT2D eigenvalue weighted by Gasteiger charge is -2.30. The van der Waals surface area contributed by atoms with Gasteiger partial charge >= 0.3 is 0 Å². The van der Waals surface area contributed by atoms with Gasteiger partial charge in [0.25, 0.3) is 0 Å². The second-order valence-corrected chi connectivity index (χ2v) is 8.82. The summed E-state index contributed by atoms with van der Waals surface area (Å²) in [4.78, 5) is 15.3. The predicted molar refractivity (Wildman–Crippen MR) is 97.7 cm³/mol. The van der Waals surface area contributed by atoms with Crippen LogP contribution in [0.4, 0.5) is 0 Å². The molecule has 1 aromatic rings. The summed E-state index contributed by atoms with van der Waals surface area (Å²) >= 11 is 1.72. The Kier molecular flexibility index (Phi) is 4.67. The summed E-state index contributed by atoms with van der Waals surface area (Å²) in [6.07, 6.45) is 7.67. The van der Waals surface area contributed by atoms with E-state index >= 15 is 0 Å². The van der Waals surface area contributed by atoms with E-state index in [1.807, 2.05) is 0 Å². The van der Waals surface area contributed by atoms with Gasteiger partial charge in [-0.3, -0.25) is 4.79 Å². The normalized spacial score (nSPS) is 31.3. The third-order valence-corrected chi connectivity index (χ3v) is 7.26. The highest BCUT2D eigenvalue weighted by molar-refractivity contribution is 7.07. The van der Waals surface area contributed by atoms with Gasteiger partial charge in [0.2, 0.25) is 5.91 Å². The van der Waals surface area contributed by atoms with Crippen LogP contribution in [-0.2, 0) is 11.3 Å². The summed E-state index contributed by atoms with van der Waals surface area (Å²) in [5.74, 6) is 0.731. The van der Waals surface area contributed by atoms with Crippen LogP contribution in [0.3, 0.4) is 0 Å². The van der Waals surface area contributed by atoms with Crippen LogP contribution in [0.5, 0.6) is 0 Å². The van der Waals surface area contributed by atoms with Crippen molar-refractivity contribution in [2.75, 3.05) is 13.1 Å². The van der Waals surface area contributed by atoms with Crippen molar-refractivity contribution in [3.05, 3.63) is 22.4 Å². The molecule has 2 aliphatic carbocycles. The van der Waals surface area contributed by atoms with Crippen LogP contribution in [0, 0.1) is 11.3 Å². The third kappa shape index (κ3) is 3.26. The van der Waals surface area contributed by atoms with E-state index in [4.69, 9.17) is 5.73 Å². The number of carbonyl (C=O) groups is 1. The zero-order valence-electron chi connectivity index (χ0n) is 14.4. The Morgan fingerprint density at radius 2 is 2.21 bits per heavy atom. The molecule has 3 aliphatic rings. The molecule has 1 amide bonds. The van der Waals surface area contributed by atoms with Crippen molar-refractivity contribution in [2.45, 2.75) is 63.6 Å². The molecule has 132 valence electrons. The van der Waals surface area contributed by atoms with Crippen molar-refractivity contribution in [2.24, 2.45) is 17.1 Å². The van der Waals surface area contributed by atoms with Crippen LogP contribution in [0.25, 0.3) is 0 Å². The van der Waals surface area contributed by atoms with Crippen molar-refractivity contribution in [3.63, 3.8) is 0 Å². The summed E-state index contributed by atoms with van der Waals surface area (Å²) in [6, 6.07) is 2.83. The summed E-state index contributed by atoms with van der Waals surface area (Å²) in [5, 5.41) is 7.75. The maximum atomic E-state index is 13.1. The number of nitrogens with one attached hydrogen (secondary N) is 1. The lowest BCUT2D eigenvalue weighted by Crippen LogP contribution is -2.40. The van der Waals surface area contributed by atoms with Gasteiger partial charge in [0, 0.05) is 25.0 Å². The molecule has 4 rings (SSSR count). The maximum absolute atomic E-state index is 13.1. The van der Waals surface area contributed by atoms with E-state index < -0.39 is 0 Å². The van der Waals surface area contributed by atoms with Crippen molar-refractivity contribution in [3.8, 4) is 0 Å². The lowest BCUT2D eigenvalue weighted by atomic mass is 9.93. The molecule has 4 nitrogen and oxygen atoms in total. The fourth-order valence-corrected chi connectivity index (χ4v) is 5.50. The Bertz CT molecular complexity index is 567. The third-order valence-electron chi connectivity index (χ3n) is 6.53. The van der Waals surface area contributed by atoms with Gasteiger partial charge in [-0.15, -0.1) is 0 Å². The van der Waals surface area contributed by atoms with Crippen LogP contribution in [0.1, 0.15) is 50.5 Å². The zero-order chi connectivity index (χ0) is 16.6. The Morgan fingerprint density at radius 3 is 2.88 bits per heavy atom. The average molecular weight is 348 g/mol. The molecule has 0 radical (unpaired) electrons. The smallest absolute Gasteiger partial charge is 0.223 e. The Hall–Kier alpha value is -0.910. The molecule has 0 bridgehead atoms. The molecule has 2 heterocycles. The van der Waals surface area contributed by atoms with Gasteiger partial charge in [-0.25, -0.2) is 0 Å². The van der Waals surface area contributed by atoms with E-state index in [1.165, 1.54) is 31.2 Å². The van der Waals surface area contributed by atoms with Crippen LogP contribution < -0.4 is 11.1 Å². The van der Waals surface area contributed by atoms with Gasteiger partial charge in [0.05, 0.1) is 0 Å². The number of amides is 1. The molecule has 3 N–H and O–H groups in total. The van der Waals surface area contributed by atoms with E-state index in [0.29, 0.717) is 29.7 Å². The summed E-state index contributed by atoms with van der Waals surface area (Å²) in [7, 11) is 0. The fourth-order valence-electron chi connectivity index (χ4n) is 4.84. The van der Waals surface area contributed by atoms with Crippen molar-refractivity contribution >= 4 is 17.2 Å². The summed E-state index contributed by atoms with van der Waals surface area (Å²) < 4.78 is 0. The van der Waals surface area contributed by atoms with Gasteiger partial charge < -0.3 is 16.0 Å². The number of hydrogen-bond donors (Lipinski definition) is 2. The van der Waals surface area contributed by atoms with Crippen molar-refractivity contribution in [1.29, 1.82) is 0 Å². The van der Waals surface area contributed by atoms with Crippen LogP contribution in [-0.4, -0.2) is 36.0 Å². The number of thiophene rings is 1. The lowest BCUT2D eigenvalue weighted by molar-refractivity contribution is -0.134. The van der Waals surface area contributed by atoms with Gasteiger partial charge in [0.15, 0.2) is 0 Å². The maximum Gasteiger partial charge on any atom is 0.223 e. The Balaban J connectivity index is 1.47. The monoisotopic (exact) mass is 347 g/mol. The minimum absolute atomic E-state index is 0.226. The Labute approximate surface area is 148 Å². The van der Waals surface area contributed by atoms with Gasteiger partial charge in [-0.1, -0.05) is 6.42 Å². The van der Waals surface area contributed by atoms with Crippen LogP contribution in [0.2, 0.25) is 0 Å². The standard InChI is InChI=1S/C19H29N3OS/c20-16-3-1-2-15(16)10-18(23)22(12-14-4-9-24-13-14)17-11-19(17)5-7-21-8-6-19/h4,9,13,15-17,21H,1-3,5-8,10-12,20H2/t15-,16+,17?/m0/s1. The second kappa shape index (κ2) is 6.77. The van der Waals surface area contributed by atoms with Gasteiger partial charge in [-0.2, -0.15) is 11.3 Å². The molecule has 3 fully saturated rings. The van der Waals surface area contributed by atoms with E-state index in [1.54, 1.807) is 11.3 Å². The molecular weight excluding hydrogens is 318 g/mol. The highest BCUT2D eigenvalue weighted by Crippen LogP contribution is 2.56. The van der Waals surface area contributed by atoms with Gasteiger partial charge in [0.1, 0.15) is 0 Å². The van der Waals surface area contributed by atoms with E-state index in [2.05, 4.69) is 27.0 Å². The number of nitrogens with zero attached hydrogens (tertiary/aromatic N) is 1. The minimum Gasteiger partial charge on any atom is -0.335 e. The molecule has 1 aromatic heterocycles. The highest BCUT2D eigenvalue weighted by atomic mass is 32.1.